The summed E-state index contributed by atoms with van der Waals surface area (Å²) in [5.41, 5.74) is 4.63. The van der Waals surface area contributed by atoms with Crippen LogP contribution in [0, 0.1) is 12.8 Å². The lowest BCUT2D eigenvalue weighted by atomic mass is 9.90. The summed E-state index contributed by atoms with van der Waals surface area (Å²) in [6.07, 6.45) is 13.8. The van der Waals surface area contributed by atoms with E-state index in [-0.39, 0.29) is 5.41 Å². The van der Waals surface area contributed by atoms with Crippen molar-refractivity contribution in [2.24, 2.45) is 5.92 Å². The summed E-state index contributed by atoms with van der Waals surface area (Å²) in [4.78, 5) is 9.09. The Bertz CT molecular complexity index is 1130. The summed E-state index contributed by atoms with van der Waals surface area (Å²) in [5.74, 6) is 1.36. The predicted octanol–water partition coefficient (Wildman–Crippen LogP) is 4.68. The Balaban J connectivity index is 1.25. The van der Waals surface area contributed by atoms with Gasteiger partial charge in [0.15, 0.2) is 0 Å². The summed E-state index contributed by atoms with van der Waals surface area (Å²) in [5, 5.41) is 1.30. The first-order valence-electron chi connectivity index (χ1n) is 10.3. The molecule has 0 bridgehead atoms. The number of aryl methyl sites for hydroxylation is 1. The van der Waals surface area contributed by atoms with Gasteiger partial charge in [0, 0.05) is 60.2 Å². The molecule has 1 aromatic heterocycles. The Morgan fingerprint density at radius 3 is 2.87 bits per heavy atom. The summed E-state index contributed by atoms with van der Waals surface area (Å²) in [6, 6.07) is 3.82. The van der Waals surface area contributed by atoms with Gasteiger partial charge >= 0.3 is 0 Å². The third-order valence-corrected chi connectivity index (χ3v) is 7.19. The molecular formula is C23H22Cl2N4O. The molecule has 4 aliphatic rings. The summed E-state index contributed by atoms with van der Waals surface area (Å²) in [7, 11) is 0. The second-order valence-electron chi connectivity index (χ2n) is 8.66. The van der Waals surface area contributed by atoms with Crippen molar-refractivity contribution >= 4 is 28.9 Å². The van der Waals surface area contributed by atoms with E-state index in [1.807, 2.05) is 25.5 Å². The third kappa shape index (κ3) is 2.87. The molecule has 4 heterocycles. The van der Waals surface area contributed by atoms with Crippen LogP contribution in [0.15, 0.2) is 54.9 Å². The molecule has 0 amide bonds. The number of benzene rings is 1. The number of rotatable bonds is 3. The number of halogens is 2. The average molecular weight is 441 g/mol. The summed E-state index contributed by atoms with van der Waals surface area (Å²) in [6.45, 7) is 5.64. The molecule has 2 aromatic rings. The number of imidazole rings is 1. The molecule has 0 saturated heterocycles. The van der Waals surface area contributed by atoms with Gasteiger partial charge in [-0.2, -0.15) is 0 Å². The average Bonchev–Trinajstić information content (AvgIpc) is 3.29. The lowest BCUT2D eigenvalue weighted by Crippen LogP contribution is -2.41. The molecule has 30 heavy (non-hydrogen) atoms. The van der Waals surface area contributed by atoms with E-state index in [4.69, 9.17) is 27.9 Å². The number of aromatic nitrogens is 2. The first-order valence-corrected chi connectivity index (χ1v) is 11.0. The van der Waals surface area contributed by atoms with Crippen LogP contribution in [0.3, 0.4) is 0 Å². The van der Waals surface area contributed by atoms with Crippen molar-refractivity contribution in [3.63, 3.8) is 0 Å². The van der Waals surface area contributed by atoms with Gasteiger partial charge in [0.1, 0.15) is 5.75 Å². The minimum Gasteiger partial charge on any atom is -0.491 e. The Kier molecular flexibility index (Phi) is 4.03. The maximum Gasteiger partial charge on any atom is 0.141 e. The van der Waals surface area contributed by atoms with E-state index in [1.54, 1.807) is 6.07 Å². The fourth-order valence-electron chi connectivity index (χ4n) is 5.01. The van der Waals surface area contributed by atoms with Gasteiger partial charge in [-0.05, 0) is 37.6 Å². The molecule has 7 heteroatoms. The highest BCUT2D eigenvalue weighted by Gasteiger charge is 2.60. The van der Waals surface area contributed by atoms with E-state index < -0.39 is 0 Å². The van der Waals surface area contributed by atoms with Crippen LogP contribution in [0.2, 0.25) is 10.0 Å². The van der Waals surface area contributed by atoms with Gasteiger partial charge in [-0.15, -0.1) is 0 Å². The van der Waals surface area contributed by atoms with Crippen molar-refractivity contribution in [3.8, 4) is 5.75 Å². The van der Waals surface area contributed by atoms with E-state index in [0.29, 0.717) is 16.0 Å². The highest BCUT2D eigenvalue weighted by molar-refractivity contribution is 6.35. The van der Waals surface area contributed by atoms with Crippen LogP contribution >= 0.6 is 23.2 Å². The number of nitrogens with zero attached hydrogens (tertiary/aromatic N) is 4. The molecule has 1 aromatic carbocycles. The predicted molar refractivity (Wildman–Crippen MR) is 118 cm³/mol. The van der Waals surface area contributed by atoms with E-state index in [2.05, 4.69) is 43.9 Å². The van der Waals surface area contributed by atoms with Gasteiger partial charge in [-0.25, -0.2) is 4.98 Å². The molecule has 3 aliphatic heterocycles. The SMILES string of the molecule is Cc1cn(C2=CN3CCN(C[C@]45C[C@H]4COc4c(Cl)cc(Cl)cc45)C=C3C=C2)cn1. The molecule has 0 N–H and O–H groups in total. The number of ether oxygens (including phenoxy) is 1. The highest BCUT2D eigenvalue weighted by Crippen LogP contribution is 2.61. The fraction of sp³-hybridized carbons (Fsp3) is 0.348. The third-order valence-electron chi connectivity index (χ3n) is 6.69. The molecule has 1 aliphatic carbocycles. The smallest absolute Gasteiger partial charge is 0.141 e. The molecule has 0 radical (unpaired) electrons. The molecule has 1 saturated carbocycles. The molecule has 154 valence electrons. The van der Waals surface area contributed by atoms with Gasteiger partial charge < -0.3 is 19.1 Å². The van der Waals surface area contributed by atoms with Crippen LogP contribution < -0.4 is 4.74 Å². The maximum atomic E-state index is 6.43. The molecule has 6 rings (SSSR count). The van der Waals surface area contributed by atoms with E-state index in [1.165, 1.54) is 11.3 Å². The first-order chi connectivity index (χ1) is 14.5. The van der Waals surface area contributed by atoms with Crippen molar-refractivity contribution in [1.29, 1.82) is 0 Å². The number of hydrogen-bond acceptors (Lipinski definition) is 4. The summed E-state index contributed by atoms with van der Waals surface area (Å²) >= 11 is 12.8. The molecule has 0 unspecified atom stereocenters. The Morgan fingerprint density at radius 2 is 2.03 bits per heavy atom. The van der Waals surface area contributed by atoms with Crippen molar-refractivity contribution in [1.82, 2.24) is 19.4 Å². The fourth-order valence-corrected chi connectivity index (χ4v) is 5.56. The highest BCUT2D eigenvalue weighted by atomic mass is 35.5. The number of hydrogen-bond donors (Lipinski definition) is 0. The molecule has 0 spiro atoms. The van der Waals surface area contributed by atoms with Gasteiger partial charge in [-0.1, -0.05) is 23.2 Å². The van der Waals surface area contributed by atoms with Crippen molar-refractivity contribution < 1.29 is 4.74 Å². The van der Waals surface area contributed by atoms with Crippen LogP contribution in [-0.2, 0) is 5.41 Å². The second kappa shape index (κ2) is 6.56. The van der Waals surface area contributed by atoms with Crippen LogP contribution in [-0.4, -0.2) is 45.6 Å². The zero-order valence-corrected chi connectivity index (χ0v) is 18.2. The quantitative estimate of drug-likeness (QED) is 0.693. The molecule has 2 atom stereocenters. The van der Waals surface area contributed by atoms with Crippen molar-refractivity contribution in [2.75, 3.05) is 26.2 Å². The van der Waals surface area contributed by atoms with Crippen molar-refractivity contribution in [2.45, 2.75) is 18.8 Å². The van der Waals surface area contributed by atoms with Crippen LogP contribution in [0.1, 0.15) is 17.7 Å². The summed E-state index contributed by atoms with van der Waals surface area (Å²) < 4.78 is 8.02. The maximum absolute atomic E-state index is 6.43. The van der Waals surface area contributed by atoms with E-state index in [9.17, 15) is 0 Å². The second-order valence-corrected chi connectivity index (χ2v) is 9.50. The normalized spacial score (nSPS) is 26.3. The molecule has 5 nitrogen and oxygen atoms in total. The Morgan fingerprint density at radius 1 is 1.17 bits per heavy atom. The Labute approximate surface area is 185 Å². The minimum absolute atomic E-state index is 0.0923. The zero-order valence-electron chi connectivity index (χ0n) is 16.7. The Hall–Kier alpha value is -2.37. The molecular weight excluding hydrogens is 419 g/mol. The van der Waals surface area contributed by atoms with Crippen LogP contribution in [0.25, 0.3) is 5.70 Å². The van der Waals surface area contributed by atoms with Gasteiger partial charge in [0.2, 0.25) is 0 Å². The number of fused-ring (bicyclic) bond motifs is 4. The lowest BCUT2D eigenvalue weighted by Gasteiger charge is -2.38. The minimum atomic E-state index is 0.0923. The van der Waals surface area contributed by atoms with Gasteiger partial charge in [-0.3, -0.25) is 0 Å². The monoisotopic (exact) mass is 440 g/mol. The van der Waals surface area contributed by atoms with Gasteiger partial charge in [0.25, 0.3) is 0 Å². The van der Waals surface area contributed by atoms with Crippen molar-refractivity contribution in [3.05, 3.63) is 76.2 Å². The van der Waals surface area contributed by atoms with Gasteiger partial charge in [0.05, 0.1) is 35.0 Å². The van der Waals surface area contributed by atoms with E-state index >= 15 is 0 Å². The standard InChI is InChI=1S/C23H22Cl2N4O/c1-15-9-29(14-26-15)19-3-2-18-10-27(4-5-28(18)11-19)13-23-8-16(23)12-30-22-20(23)6-17(24)7-21(22)25/h2-3,6-7,9-11,14,16H,4-5,8,12-13H2,1H3/t16-,23+/m0/s1. The number of allylic oxidation sites excluding steroid dienone is 3. The first kappa shape index (κ1) is 18.4. The zero-order chi connectivity index (χ0) is 20.5. The lowest BCUT2D eigenvalue weighted by molar-refractivity contribution is 0.220. The topological polar surface area (TPSA) is 33.5 Å². The van der Waals surface area contributed by atoms with Crippen LogP contribution in [0.5, 0.6) is 5.75 Å². The molecule has 1 fully saturated rings. The van der Waals surface area contributed by atoms with E-state index in [0.717, 1.165) is 49.8 Å². The van der Waals surface area contributed by atoms with Crippen LogP contribution in [0.4, 0.5) is 0 Å². The largest absolute Gasteiger partial charge is 0.491 e.